The van der Waals surface area contributed by atoms with Crippen LogP contribution in [0.3, 0.4) is 0 Å². The van der Waals surface area contributed by atoms with Gasteiger partial charge in [0.2, 0.25) is 5.91 Å². The summed E-state index contributed by atoms with van der Waals surface area (Å²) in [5.41, 5.74) is 0. The molecule has 1 atom stereocenters. The van der Waals surface area contributed by atoms with Gasteiger partial charge in [-0.2, -0.15) is 0 Å². The number of likely N-dealkylation sites (tertiary alicyclic amines) is 1. The Morgan fingerprint density at radius 2 is 2.42 bits per heavy atom. The maximum absolute atomic E-state index is 11.4. The van der Waals surface area contributed by atoms with Gasteiger partial charge in [0.15, 0.2) is 0 Å². The van der Waals surface area contributed by atoms with E-state index in [1.165, 1.54) is 6.42 Å². The predicted octanol–water partition coefficient (Wildman–Crippen LogP) is 2.17. The monoisotopic (exact) mass is 167 g/mol. The molecule has 2 nitrogen and oxygen atoms in total. The van der Waals surface area contributed by atoms with E-state index in [1.54, 1.807) is 11.1 Å². The van der Waals surface area contributed by atoms with Crippen LogP contribution in [0, 0.1) is 5.92 Å². The van der Waals surface area contributed by atoms with Gasteiger partial charge in [-0.3, -0.25) is 4.79 Å². The number of hydrogen-bond donors (Lipinski definition) is 0. The summed E-state index contributed by atoms with van der Waals surface area (Å²) < 4.78 is 0. The summed E-state index contributed by atoms with van der Waals surface area (Å²) in [6, 6.07) is 0. The molecule has 1 amide bonds. The fraction of sp³-hybridized carbons (Fsp3) is 0.700. The number of amides is 1. The lowest BCUT2D eigenvalue weighted by atomic mass is 9.98. The normalized spacial score (nSPS) is 25.2. The van der Waals surface area contributed by atoms with E-state index >= 15 is 0 Å². The first-order valence-corrected chi connectivity index (χ1v) is 4.70. The average Bonchev–Trinajstić information content (AvgIpc) is 2.27. The smallest absolute Gasteiger partial charge is 0.226 e. The molecule has 0 bridgehead atoms. The minimum absolute atomic E-state index is 0.237. The van der Waals surface area contributed by atoms with Crippen LogP contribution in [0.25, 0.3) is 0 Å². The first kappa shape index (κ1) is 9.30. The number of hydrogen-bond acceptors (Lipinski definition) is 1. The largest absolute Gasteiger partial charge is 0.320 e. The molecule has 0 aromatic carbocycles. The number of nitrogens with zero attached hydrogens (tertiary/aromatic N) is 1. The Morgan fingerprint density at radius 3 is 3.00 bits per heavy atom. The number of rotatable bonds is 2. The summed E-state index contributed by atoms with van der Waals surface area (Å²) in [6.07, 6.45) is 5.73. The van der Waals surface area contributed by atoms with Gasteiger partial charge >= 0.3 is 0 Å². The lowest BCUT2D eigenvalue weighted by molar-refractivity contribution is -0.128. The highest BCUT2D eigenvalue weighted by atomic mass is 16.2. The molecule has 1 aliphatic heterocycles. The first-order valence-electron chi connectivity index (χ1n) is 4.70. The molecule has 0 saturated carbocycles. The van der Waals surface area contributed by atoms with E-state index in [0.717, 1.165) is 25.3 Å². The summed E-state index contributed by atoms with van der Waals surface area (Å²) in [4.78, 5) is 13.1. The Hall–Kier alpha value is -0.790. The van der Waals surface area contributed by atoms with Crippen molar-refractivity contribution < 1.29 is 4.79 Å². The van der Waals surface area contributed by atoms with E-state index in [4.69, 9.17) is 0 Å². The number of carbonyl (C=O) groups excluding carboxylic acids is 1. The lowest BCUT2D eigenvalue weighted by Gasteiger charge is -2.14. The fourth-order valence-corrected chi connectivity index (χ4v) is 1.66. The summed E-state index contributed by atoms with van der Waals surface area (Å²) in [6.45, 7) is 6.69. The van der Waals surface area contributed by atoms with Crippen LogP contribution in [0.5, 0.6) is 0 Å². The lowest BCUT2D eigenvalue weighted by Crippen LogP contribution is -2.23. The van der Waals surface area contributed by atoms with Crippen molar-refractivity contribution in [2.45, 2.75) is 32.6 Å². The topological polar surface area (TPSA) is 20.3 Å². The third kappa shape index (κ3) is 2.10. The van der Waals surface area contributed by atoms with Crippen molar-refractivity contribution in [2.75, 3.05) is 6.54 Å². The second-order valence-corrected chi connectivity index (χ2v) is 3.37. The standard InChI is InChI=1S/C10H17NO/c1-3-9-5-6-10(12)11(4-2)8-7-9/h4,9H,2-3,5-8H2,1H3. The van der Waals surface area contributed by atoms with Gasteiger partial charge in [-0.15, -0.1) is 0 Å². The Morgan fingerprint density at radius 1 is 1.67 bits per heavy atom. The minimum Gasteiger partial charge on any atom is -0.320 e. The Balaban J connectivity index is 2.52. The quantitative estimate of drug-likeness (QED) is 0.617. The average molecular weight is 167 g/mol. The second-order valence-electron chi connectivity index (χ2n) is 3.37. The highest BCUT2D eigenvalue weighted by Gasteiger charge is 2.19. The summed E-state index contributed by atoms with van der Waals surface area (Å²) in [7, 11) is 0. The summed E-state index contributed by atoms with van der Waals surface area (Å²) in [5.74, 6) is 0.972. The number of carbonyl (C=O) groups is 1. The van der Waals surface area contributed by atoms with Crippen LogP contribution in [0.15, 0.2) is 12.8 Å². The van der Waals surface area contributed by atoms with Gasteiger partial charge in [0, 0.05) is 13.0 Å². The Labute approximate surface area is 74.2 Å². The fourth-order valence-electron chi connectivity index (χ4n) is 1.66. The van der Waals surface area contributed by atoms with Gasteiger partial charge in [-0.05, 0) is 25.0 Å². The molecule has 0 aliphatic carbocycles. The molecule has 1 fully saturated rings. The van der Waals surface area contributed by atoms with Crippen LogP contribution in [0.4, 0.5) is 0 Å². The summed E-state index contributed by atoms with van der Waals surface area (Å²) >= 11 is 0. The molecule has 12 heavy (non-hydrogen) atoms. The molecule has 0 aromatic heterocycles. The zero-order chi connectivity index (χ0) is 8.97. The van der Waals surface area contributed by atoms with E-state index in [9.17, 15) is 4.79 Å². The molecular formula is C10H17NO. The van der Waals surface area contributed by atoms with Crippen molar-refractivity contribution in [3.63, 3.8) is 0 Å². The maximum atomic E-state index is 11.4. The van der Waals surface area contributed by atoms with E-state index in [1.807, 2.05) is 0 Å². The van der Waals surface area contributed by atoms with Crippen LogP contribution < -0.4 is 0 Å². The van der Waals surface area contributed by atoms with Crippen molar-refractivity contribution in [3.05, 3.63) is 12.8 Å². The predicted molar refractivity (Wildman–Crippen MR) is 49.5 cm³/mol. The van der Waals surface area contributed by atoms with Gasteiger partial charge in [0.1, 0.15) is 0 Å². The van der Waals surface area contributed by atoms with Crippen LogP contribution in [-0.2, 0) is 4.79 Å². The molecule has 0 spiro atoms. The highest BCUT2D eigenvalue weighted by molar-refractivity contribution is 5.77. The molecule has 2 heteroatoms. The van der Waals surface area contributed by atoms with Crippen molar-refractivity contribution in [2.24, 2.45) is 5.92 Å². The van der Waals surface area contributed by atoms with Gasteiger partial charge < -0.3 is 4.90 Å². The molecule has 68 valence electrons. The molecule has 1 unspecified atom stereocenters. The van der Waals surface area contributed by atoms with E-state index in [-0.39, 0.29) is 5.91 Å². The zero-order valence-corrected chi connectivity index (χ0v) is 7.75. The van der Waals surface area contributed by atoms with E-state index in [0.29, 0.717) is 6.42 Å². The van der Waals surface area contributed by atoms with Crippen LogP contribution in [0.2, 0.25) is 0 Å². The molecule has 0 N–H and O–H groups in total. The van der Waals surface area contributed by atoms with Crippen LogP contribution >= 0.6 is 0 Å². The van der Waals surface area contributed by atoms with Gasteiger partial charge in [-0.25, -0.2) is 0 Å². The maximum Gasteiger partial charge on any atom is 0.226 e. The van der Waals surface area contributed by atoms with Crippen molar-refractivity contribution >= 4 is 5.91 Å². The third-order valence-corrected chi connectivity index (χ3v) is 2.66. The molecular weight excluding hydrogens is 150 g/mol. The Bertz CT molecular complexity index is 177. The zero-order valence-electron chi connectivity index (χ0n) is 7.75. The van der Waals surface area contributed by atoms with Crippen molar-refractivity contribution in [1.29, 1.82) is 0 Å². The van der Waals surface area contributed by atoms with Crippen LogP contribution in [0.1, 0.15) is 32.6 Å². The molecule has 0 aromatic rings. The second kappa shape index (κ2) is 4.29. The highest BCUT2D eigenvalue weighted by Crippen LogP contribution is 2.20. The van der Waals surface area contributed by atoms with Gasteiger partial charge in [0.05, 0.1) is 0 Å². The third-order valence-electron chi connectivity index (χ3n) is 2.66. The van der Waals surface area contributed by atoms with Crippen molar-refractivity contribution in [1.82, 2.24) is 4.90 Å². The van der Waals surface area contributed by atoms with Crippen molar-refractivity contribution in [3.8, 4) is 0 Å². The molecule has 1 heterocycles. The first-order chi connectivity index (χ1) is 5.77. The van der Waals surface area contributed by atoms with Gasteiger partial charge in [-0.1, -0.05) is 19.9 Å². The van der Waals surface area contributed by atoms with Gasteiger partial charge in [0.25, 0.3) is 0 Å². The van der Waals surface area contributed by atoms with E-state index in [2.05, 4.69) is 13.5 Å². The van der Waals surface area contributed by atoms with E-state index < -0.39 is 0 Å². The molecule has 1 saturated heterocycles. The molecule has 0 radical (unpaired) electrons. The summed E-state index contributed by atoms with van der Waals surface area (Å²) in [5, 5.41) is 0. The SMILES string of the molecule is C=CN1CCC(CC)CCC1=O. The molecule has 1 rings (SSSR count). The Kier molecular flexibility index (Phi) is 3.32. The minimum atomic E-state index is 0.237. The van der Waals surface area contributed by atoms with Crippen LogP contribution in [-0.4, -0.2) is 17.4 Å². The molecule has 1 aliphatic rings.